The van der Waals surface area contributed by atoms with Gasteiger partial charge in [0.2, 0.25) is 0 Å². The molecule has 0 saturated carbocycles. The number of aliphatic hydroxyl groups is 1. The molecule has 0 aromatic heterocycles. The highest BCUT2D eigenvalue weighted by atomic mass is 35.5. The molecule has 0 fully saturated rings. The molecule has 0 aliphatic heterocycles. The number of likely N-dealkylation sites (N-methyl/N-ethyl adjacent to an activating group) is 1. The summed E-state index contributed by atoms with van der Waals surface area (Å²) < 4.78 is 0. The van der Waals surface area contributed by atoms with Crippen molar-refractivity contribution in [1.82, 2.24) is 0 Å². The standard InChI is InChI=1S/C13H18ClNO/c1-4-15(8-10(2)3)12-6-5-11(9-16)13(14)7-12/h5-7,16H,2,4,8-9H2,1,3H3. The topological polar surface area (TPSA) is 23.5 Å². The van der Waals surface area contributed by atoms with Crippen molar-refractivity contribution < 1.29 is 5.11 Å². The third-order valence-electron chi connectivity index (χ3n) is 2.41. The average Bonchev–Trinajstić information content (AvgIpc) is 2.25. The maximum atomic E-state index is 9.04. The van der Waals surface area contributed by atoms with E-state index in [0.29, 0.717) is 5.02 Å². The zero-order valence-electron chi connectivity index (χ0n) is 9.83. The van der Waals surface area contributed by atoms with Gasteiger partial charge in [-0.15, -0.1) is 0 Å². The van der Waals surface area contributed by atoms with Crippen LogP contribution in [0.1, 0.15) is 19.4 Å². The summed E-state index contributed by atoms with van der Waals surface area (Å²) in [5.74, 6) is 0. The Kier molecular flexibility index (Phi) is 4.84. The number of hydrogen-bond acceptors (Lipinski definition) is 2. The van der Waals surface area contributed by atoms with Crippen LogP contribution >= 0.6 is 11.6 Å². The Morgan fingerprint density at radius 3 is 2.62 bits per heavy atom. The van der Waals surface area contributed by atoms with Crippen LogP contribution in [0.5, 0.6) is 0 Å². The maximum Gasteiger partial charge on any atom is 0.0696 e. The molecule has 3 heteroatoms. The first-order valence-electron chi connectivity index (χ1n) is 5.37. The van der Waals surface area contributed by atoms with Gasteiger partial charge in [-0.1, -0.05) is 29.8 Å². The summed E-state index contributed by atoms with van der Waals surface area (Å²) in [6.45, 7) is 9.72. The lowest BCUT2D eigenvalue weighted by atomic mass is 10.2. The van der Waals surface area contributed by atoms with Crippen molar-refractivity contribution in [1.29, 1.82) is 0 Å². The van der Waals surface area contributed by atoms with Gasteiger partial charge in [0.15, 0.2) is 0 Å². The lowest BCUT2D eigenvalue weighted by Crippen LogP contribution is -2.24. The summed E-state index contributed by atoms with van der Waals surface area (Å²) in [5, 5.41) is 9.65. The summed E-state index contributed by atoms with van der Waals surface area (Å²) in [6, 6.07) is 5.72. The van der Waals surface area contributed by atoms with Crippen LogP contribution in [0.4, 0.5) is 5.69 Å². The third kappa shape index (κ3) is 3.26. The van der Waals surface area contributed by atoms with E-state index in [1.165, 1.54) is 0 Å². The van der Waals surface area contributed by atoms with Crippen molar-refractivity contribution in [3.8, 4) is 0 Å². The van der Waals surface area contributed by atoms with Crippen molar-refractivity contribution in [3.05, 3.63) is 40.9 Å². The molecule has 16 heavy (non-hydrogen) atoms. The molecule has 0 amide bonds. The predicted octanol–water partition coefficient (Wildman–Crippen LogP) is 3.23. The second-order valence-electron chi connectivity index (χ2n) is 3.91. The first kappa shape index (κ1) is 13.1. The fourth-order valence-electron chi connectivity index (χ4n) is 1.57. The second-order valence-corrected chi connectivity index (χ2v) is 4.31. The number of benzene rings is 1. The Balaban J connectivity index is 2.93. The highest BCUT2D eigenvalue weighted by Crippen LogP contribution is 2.24. The second kappa shape index (κ2) is 5.92. The Bertz CT molecular complexity index is 376. The maximum absolute atomic E-state index is 9.04. The molecule has 1 aromatic carbocycles. The van der Waals surface area contributed by atoms with Gasteiger partial charge in [-0.25, -0.2) is 0 Å². The van der Waals surface area contributed by atoms with E-state index in [2.05, 4.69) is 18.4 Å². The minimum absolute atomic E-state index is 0.0221. The van der Waals surface area contributed by atoms with Gasteiger partial charge < -0.3 is 10.0 Å². The van der Waals surface area contributed by atoms with E-state index in [1.54, 1.807) is 0 Å². The van der Waals surface area contributed by atoms with Gasteiger partial charge >= 0.3 is 0 Å². The number of anilines is 1. The molecule has 88 valence electrons. The largest absolute Gasteiger partial charge is 0.392 e. The van der Waals surface area contributed by atoms with Crippen LogP contribution in [-0.4, -0.2) is 18.2 Å². The normalized spacial score (nSPS) is 10.2. The molecule has 2 nitrogen and oxygen atoms in total. The van der Waals surface area contributed by atoms with Gasteiger partial charge in [-0.2, -0.15) is 0 Å². The van der Waals surface area contributed by atoms with Gasteiger partial charge in [-0.3, -0.25) is 0 Å². The van der Waals surface area contributed by atoms with Gasteiger partial charge in [0.25, 0.3) is 0 Å². The van der Waals surface area contributed by atoms with Crippen LogP contribution in [0.25, 0.3) is 0 Å². The molecule has 1 aromatic rings. The van der Waals surface area contributed by atoms with Crippen LogP contribution in [0, 0.1) is 0 Å². The zero-order valence-corrected chi connectivity index (χ0v) is 10.6. The van der Waals surface area contributed by atoms with Gasteiger partial charge in [0, 0.05) is 23.8 Å². The first-order chi connectivity index (χ1) is 7.58. The summed E-state index contributed by atoms with van der Waals surface area (Å²) in [7, 11) is 0. The molecule has 0 spiro atoms. The van der Waals surface area contributed by atoms with Crippen molar-refractivity contribution in [2.45, 2.75) is 20.5 Å². The van der Waals surface area contributed by atoms with Crippen molar-refractivity contribution >= 4 is 17.3 Å². The molecule has 0 unspecified atom stereocenters. The quantitative estimate of drug-likeness (QED) is 0.798. The van der Waals surface area contributed by atoms with Crippen LogP contribution < -0.4 is 4.90 Å². The number of hydrogen-bond donors (Lipinski definition) is 1. The molecule has 0 aliphatic rings. The monoisotopic (exact) mass is 239 g/mol. The Labute approximate surface area is 102 Å². The van der Waals surface area contributed by atoms with E-state index in [9.17, 15) is 0 Å². The Hall–Kier alpha value is -0.990. The molecule has 0 bridgehead atoms. The van der Waals surface area contributed by atoms with E-state index >= 15 is 0 Å². The molecule has 0 saturated heterocycles. The minimum atomic E-state index is -0.0221. The van der Waals surface area contributed by atoms with Crippen LogP contribution in [0.2, 0.25) is 5.02 Å². The highest BCUT2D eigenvalue weighted by molar-refractivity contribution is 6.31. The molecular formula is C13H18ClNO. The van der Waals surface area contributed by atoms with Gasteiger partial charge in [0.05, 0.1) is 6.61 Å². The first-order valence-corrected chi connectivity index (χ1v) is 5.75. The lowest BCUT2D eigenvalue weighted by molar-refractivity contribution is 0.282. The van der Waals surface area contributed by atoms with E-state index in [0.717, 1.165) is 29.9 Å². The summed E-state index contributed by atoms with van der Waals surface area (Å²) >= 11 is 6.06. The number of nitrogens with zero attached hydrogens (tertiary/aromatic N) is 1. The van der Waals surface area contributed by atoms with Crippen molar-refractivity contribution in [3.63, 3.8) is 0 Å². The zero-order chi connectivity index (χ0) is 12.1. The van der Waals surface area contributed by atoms with Crippen LogP contribution in [-0.2, 0) is 6.61 Å². The molecule has 0 radical (unpaired) electrons. The van der Waals surface area contributed by atoms with Crippen LogP contribution in [0.15, 0.2) is 30.4 Å². The smallest absolute Gasteiger partial charge is 0.0696 e. The van der Waals surface area contributed by atoms with E-state index in [4.69, 9.17) is 16.7 Å². The highest BCUT2D eigenvalue weighted by Gasteiger charge is 2.07. The van der Waals surface area contributed by atoms with Gasteiger partial charge in [0.1, 0.15) is 0 Å². The number of aliphatic hydroxyl groups excluding tert-OH is 1. The summed E-state index contributed by atoms with van der Waals surface area (Å²) in [6.07, 6.45) is 0. The SMILES string of the molecule is C=C(C)CN(CC)c1ccc(CO)c(Cl)c1. The minimum Gasteiger partial charge on any atom is -0.392 e. The molecule has 1 N–H and O–H groups in total. The lowest BCUT2D eigenvalue weighted by Gasteiger charge is -2.23. The molecular weight excluding hydrogens is 222 g/mol. The van der Waals surface area contributed by atoms with Gasteiger partial charge in [-0.05, 0) is 31.5 Å². The molecule has 0 atom stereocenters. The van der Waals surface area contributed by atoms with Crippen molar-refractivity contribution in [2.24, 2.45) is 0 Å². The Morgan fingerprint density at radius 1 is 1.50 bits per heavy atom. The molecule has 1 rings (SSSR count). The number of halogens is 1. The molecule has 0 heterocycles. The third-order valence-corrected chi connectivity index (χ3v) is 2.77. The summed E-state index contributed by atoms with van der Waals surface area (Å²) in [5.41, 5.74) is 2.94. The number of rotatable bonds is 5. The molecule has 0 aliphatic carbocycles. The van der Waals surface area contributed by atoms with E-state index in [1.807, 2.05) is 25.1 Å². The summed E-state index contributed by atoms with van der Waals surface area (Å²) in [4.78, 5) is 2.19. The predicted molar refractivity (Wildman–Crippen MR) is 70.1 cm³/mol. The average molecular weight is 240 g/mol. The van der Waals surface area contributed by atoms with Crippen molar-refractivity contribution in [2.75, 3.05) is 18.0 Å². The van der Waals surface area contributed by atoms with E-state index in [-0.39, 0.29) is 6.61 Å². The van der Waals surface area contributed by atoms with E-state index < -0.39 is 0 Å². The fraction of sp³-hybridized carbons (Fsp3) is 0.385. The Morgan fingerprint density at radius 2 is 2.19 bits per heavy atom. The fourth-order valence-corrected chi connectivity index (χ4v) is 1.81. The van der Waals surface area contributed by atoms with Crippen LogP contribution in [0.3, 0.4) is 0 Å².